The van der Waals surface area contributed by atoms with Crippen molar-refractivity contribution in [2.45, 2.75) is 12.8 Å². The first kappa shape index (κ1) is 12.3. The van der Waals surface area contributed by atoms with Gasteiger partial charge in [0.05, 0.1) is 0 Å². The van der Waals surface area contributed by atoms with Crippen LogP contribution in [0.1, 0.15) is 24.2 Å². The Morgan fingerprint density at radius 1 is 1.40 bits per heavy atom. The molecule has 0 bridgehead atoms. The van der Waals surface area contributed by atoms with E-state index in [1.54, 1.807) is 6.20 Å². The van der Waals surface area contributed by atoms with Crippen molar-refractivity contribution in [3.8, 4) is 5.75 Å². The van der Waals surface area contributed by atoms with Crippen LogP contribution >= 0.6 is 0 Å². The van der Waals surface area contributed by atoms with Gasteiger partial charge in [-0.1, -0.05) is 30.4 Å². The van der Waals surface area contributed by atoms with Crippen molar-refractivity contribution < 1.29 is 5.11 Å². The molecule has 0 saturated heterocycles. The maximum atomic E-state index is 11.2. The maximum Gasteiger partial charge on any atom is 0.290 e. The van der Waals surface area contributed by atoms with Gasteiger partial charge in [-0.15, -0.1) is 10.2 Å². The summed E-state index contributed by atoms with van der Waals surface area (Å²) >= 11 is 0. The Kier molecular flexibility index (Phi) is 2.94. The topological polar surface area (TPSA) is 108 Å². The molecular formula is C13H13N5O2. The molecule has 2 atom stereocenters. The summed E-state index contributed by atoms with van der Waals surface area (Å²) in [5.41, 5.74) is 1.13. The lowest BCUT2D eigenvalue weighted by Gasteiger charge is -2.20. The fraction of sp³-hybridized carbons (Fsp3) is 0.231. The second-order valence-corrected chi connectivity index (χ2v) is 4.74. The molecule has 1 aliphatic rings. The number of aromatic nitrogens is 5. The summed E-state index contributed by atoms with van der Waals surface area (Å²) in [6, 6.07) is 1.44. The lowest BCUT2D eigenvalue weighted by Crippen LogP contribution is -2.11. The van der Waals surface area contributed by atoms with Crippen molar-refractivity contribution in [3.63, 3.8) is 0 Å². The predicted molar refractivity (Wildman–Crippen MR) is 71.9 cm³/mol. The number of aromatic hydroxyl groups is 1. The Hall–Kier alpha value is -2.70. The zero-order valence-electron chi connectivity index (χ0n) is 10.7. The quantitative estimate of drug-likeness (QED) is 0.754. The third-order valence-electron chi connectivity index (χ3n) is 3.38. The van der Waals surface area contributed by atoms with Crippen LogP contribution in [0.15, 0.2) is 35.3 Å². The highest BCUT2D eigenvalue weighted by Crippen LogP contribution is 2.33. The van der Waals surface area contributed by atoms with Crippen LogP contribution in [0.25, 0.3) is 5.57 Å². The normalized spacial score (nSPS) is 21.8. The van der Waals surface area contributed by atoms with Crippen molar-refractivity contribution in [2.24, 2.45) is 5.92 Å². The fourth-order valence-electron chi connectivity index (χ4n) is 2.23. The first-order valence-corrected chi connectivity index (χ1v) is 6.20. The minimum atomic E-state index is -0.503. The number of tetrazole rings is 1. The van der Waals surface area contributed by atoms with Crippen LogP contribution in [0.4, 0.5) is 0 Å². The molecule has 3 N–H and O–H groups in total. The van der Waals surface area contributed by atoms with E-state index >= 15 is 0 Å². The SMILES string of the molecule is C[C@H]1C=CC(c2c[nH]c(=O)c(O)c2)=CC1c1nn[nH]n1. The molecule has 3 rings (SSSR count). The summed E-state index contributed by atoms with van der Waals surface area (Å²) in [6.07, 6.45) is 7.57. The zero-order valence-corrected chi connectivity index (χ0v) is 10.7. The molecular weight excluding hydrogens is 258 g/mol. The first-order chi connectivity index (χ1) is 9.65. The van der Waals surface area contributed by atoms with Crippen LogP contribution in [0.3, 0.4) is 0 Å². The molecule has 0 amide bonds. The van der Waals surface area contributed by atoms with E-state index < -0.39 is 5.56 Å². The lowest BCUT2D eigenvalue weighted by atomic mass is 9.85. The number of hydrogen-bond donors (Lipinski definition) is 3. The van der Waals surface area contributed by atoms with E-state index in [-0.39, 0.29) is 17.6 Å². The molecule has 2 aromatic heterocycles. The first-order valence-electron chi connectivity index (χ1n) is 6.20. The van der Waals surface area contributed by atoms with Gasteiger partial charge in [-0.3, -0.25) is 4.79 Å². The van der Waals surface area contributed by atoms with Crippen molar-refractivity contribution in [1.29, 1.82) is 0 Å². The van der Waals surface area contributed by atoms with Gasteiger partial charge in [-0.05, 0) is 17.6 Å². The Morgan fingerprint density at radius 3 is 2.95 bits per heavy atom. The molecule has 0 aliphatic heterocycles. The number of rotatable bonds is 2. The zero-order chi connectivity index (χ0) is 14.1. The van der Waals surface area contributed by atoms with Gasteiger partial charge in [0.15, 0.2) is 11.6 Å². The number of allylic oxidation sites excluding steroid dienone is 4. The smallest absolute Gasteiger partial charge is 0.290 e. The number of nitrogens with one attached hydrogen (secondary N) is 2. The average Bonchev–Trinajstić information content (AvgIpc) is 2.96. The molecule has 0 aromatic carbocycles. The highest BCUT2D eigenvalue weighted by Gasteiger charge is 2.23. The molecule has 7 heteroatoms. The number of hydrogen-bond acceptors (Lipinski definition) is 5. The lowest BCUT2D eigenvalue weighted by molar-refractivity contribution is 0.466. The Morgan fingerprint density at radius 2 is 2.25 bits per heavy atom. The largest absolute Gasteiger partial charge is 0.503 e. The van der Waals surface area contributed by atoms with Crippen LogP contribution in [0.2, 0.25) is 0 Å². The summed E-state index contributed by atoms with van der Waals surface area (Å²) in [5, 5.41) is 23.6. The summed E-state index contributed by atoms with van der Waals surface area (Å²) < 4.78 is 0. The number of aromatic amines is 2. The van der Waals surface area contributed by atoms with Gasteiger partial charge in [-0.25, -0.2) is 0 Å². The maximum absolute atomic E-state index is 11.2. The van der Waals surface area contributed by atoms with Crippen molar-refractivity contribution in [2.75, 3.05) is 0 Å². The molecule has 7 nitrogen and oxygen atoms in total. The molecule has 0 spiro atoms. The monoisotopic (exact) mass is 271 g/mol. The van der Waals surface area contributed by atoms with Crippen molar-refractivity contribution >= 4 is 5.57 Å². The van der Waals surface area contributed by atoms with Crippen LogP contribution in [0, 0.1) is 5.92 Å². The minimum absolute atomic E-state index is 0.00261. The van der Waals surface area contributed by atoms with Gasteiger partial charge in [0.25, 0.3) is 5.56 Å². The molecule has 1 unspecified atom stereocenters. The van der Waals surface area contributed by atoms with Gasteiger partial charge in [0.1, 0.15) is 0 Å². The number of nitrogens with zero attached hydrogens (tertiary/aromatic N) is 3. The van der Waals surface area contributed by atoms with Crippen LogP contribution in [-0.4, -0.2) is 30.7 Å². The standard InChI is InChI=1S/C13H13N5O2/c1-7-2-3-8(4-10(7)12-15-17-18-16-12)9-5-11(19)13(20)14-6-9/h2-7,10,19H,1H3,(H,14,20)(H,15,16,17,18)/t7-,10?/m0/s1. The molecule has 2 heterocycles. The Balaban J connectivity index is 2.01. The van der Waals surface area contributed by atoms with Crippen molar-refractivity contribution in [3.05, 3.63) is 52.2 Å². The van der Waals surface area contributed by atoms with Gasteiger partial charge in [-0.2, -0.15) is 5.21 Å². The molecule has 102 valence electrons. The highest BCUT2D eigenvalue weighted by atomic mass is 16.3. The molecule has 0 radical (unpaired) electrons. The summed E-state index contributed by atoms with van der Waals surface area (Å²) in [5.74, 6) is 0.565. The molecule has 20 heavy (non-hydrogen) atoms. The van der Waals surface area contributed by atoms with Gasteiger partial charge in [0, 0.05) is 17.7 Å². The van der Waals surface area contributed by atoms with E-state index in [0.29, 0.717) is 5.82 Å². The van der Waals surface area contributed by atoms with E-state index in [9.17, 15) is 9.90 Å². The van der Waals surface area contributed by atoms with Crippen molar-refractivity contribution in [1.82, 2.24) is 25.6 Å². The summed E-state index contributed by atoms with van der Waals surface area (Å²) in [7, 11) is 0. The van der Waals surface area contributed by atoms with E-state index in [1.807, 2.05) is 18.2 Å². The third kappa shape index (κ3) is 2.13. The van der Waals surface area contributed by atoms with Gasteiger partial charge >= 0.3 is 0 Å². The van der Waals surface area contributed by atoms with Gasteiger partial charge < -0.3 is 10.1 Å². The van der Waals surface area contributed by atoms with E-state index in [4.69, 9.17) is 0 Å². The van der Waals surface area contributed by atoms with E-state index in [0.717, 1.165) is 11.1 Å². The summed E-state index contributed by atoms with van der Waals surface area (Å²) in [4.78, 5) is 13.7. The fourth-order valence-corrected chi connectivity index (χ4v) is 2.23. The Labute approximate surface area is 114 Å². The third-order valence-corrected chi connectivity index (χ3v) is 3.38. The summed E-state index contributed by atoms with van der Waals surface area (Å²) in [6.45, 7) is 2.06. The molecule has 0 fully saturated rings. The molecule has 0 saturated carbocycles. The minimum Gasteiger partial charge on any atom is -0.503 e. The second kappa shape index (κ2) is 4.76. The molecule has 2 aromatic rings. The average molecular weight is 271 g/mol. The van der Waals surface area contributed by atoms with Crippen LogP contribution in [0.5, 0.6) is 5.75 Å². The number of H-pyrrole nitrogens is 2. The van der Waals surface area contributed by atoms with Gasteiger partial charge in [0.2, 0.25) is 0 Å². The van der Waals surface area contributed by atoms with E-state index in [1.165, 1.54) is 6.07 Å². The molecule has 1 aliphatic carbocycles. The second-order valence-electron chi connectivity index (χ2n) is 4.74. The predicted octanol–water partition coefficient (Wildman–Crippen LogP) is 0.967. The number of pyridine rings is 1. The Bertz CT molecular complexity index is 729. The van der Waals surface area contributed by atoms with Crippen LogP contribution in [-0.2, 0) is 0 Å². The highest BCUT2D eigenvalue weighted by molar-refractivity contribution is 5.76. The van der Waals surface area contributed by atoms with E-state index in [2.05, 4.69) is 32.5 Å². The van der Waals surface area contributed by atoms with Crippen LogP contribution < -0.4 is 5.56 Å².